The van der Waals surface area contributed by atoms with Gasteiger partial charge in [0.1, 0.15) is 5.82 Å². The Balaban J connectivity index is 1.99. The van der Waals surface area contributed by atoms with Gasteiger partial charge in [0.15, 0.2) is 0 Å². The number of benzene rings is 2. The van der Waals surface area contributed by atoms with Crippen molar-refractivity contribution in [3.8, 4) is 6.07 Å². The average Bonchev–Trinajstić information content (AvgIpc) is 2.66. The first-order valence-corrected chi connectivity index (χ1v) is 7.87. The van der Waals surface area contributed by atoms with E-state index < -0.39 is 17.8 Å². The maximum Gasteiger partial charge on any atom is 0.307 e. The van der Waals surface area contributed by atoms with Crippen molar-refractivity contribution in [3.05, 3.63) is 65.5 Å². The van der Waals surface area contributed by atoms with Gasteiger partial charge in [0, 0.05) is 5.69 Å². The van der Waals surface area contributed by atoms with Crippen molar-refractivity contribution in [1.29, 1.82) is 5.26 Å². The van der Waals surface area contributed by atoms with Gasteiger partial charge >= 0.3 is 5.97 Å². The Morgan fingerprint density at radius 1 is 1.15 bits per heavy atom. The van der Waals surface area contributed by atoms with E-state index in [-0.39, 0.29) is 18.9 Å². The Morgan fingerprint density at radius 2 is 1.81 bits per heavy atom. The number of hydrogen-bond donors (Lipinski definition) is 2. The number of rotatable bonds is 7. The molecule has 0 aromatic heterocycles. The maximum absolute atomic E-state index is 13.1. The number of carbonyl (C=O) groups excluding carboxylic acids is 2. The molecule has 7 heteroatoms. The van der Waals surface area contributed by atoms with E-state index in [1.807, 2.05) is 6.07 Å². The molecule has 26 heavy (non-hydrogen) atoms. The third-order valence-electron chi connectivity index (χ3n) is 3.67. The summed E-state index contributed by atoms with van der Waals surface area (Å²) in [6.45, 7) is -0.0230. The molecule has 0 aliphatic carbocycles. The SMILES string of the molecule is COC(=O)CC(NC(=O)CNc1ccc(C#N)cc1)c1ccc(F)cc1. The number of ether oxygens (including phenoxy) is 1. The Kier molecular flexibility index (Phi) is 6.68. The number of halogens is 1. The van der Waals surface area contributed by atoms with Gasteiger partial charge in [-0.2, -0.15) is 5.26 Å². The van der Waals surface area contributed by atoms with Gasteiger partial charge in [-0.3, -0.25) is 9.59 Å². The summed E-state index contributed by atoms with van der Waals surface area (Å²) in [6, 6.07) is 13.6. The summed E-state index contributed by atoms with van der Waals surface area (Å²) in [5.41, 5.74) is 1.81. The molecule has 0 fully saturated rings. The molecule has 0 saturated heterocycles. The number of nitrogens with one attached hydrogen (secondary N) is 2. The summed E-state index contributed by atoms with van der Waals surface area (Å²) in [7, 11) is 1.26. The van der Waals surface area contributed by atoms with Gasteiger partial charge < -0.3 is 15.4 Å². The van der Waals surface area contributed by atoms with Gasteiger partial charge in [0.05, 0.1) is 37.7 Å². The van der Waals surface area contributed by atoms with Crippen LogP contribution in [-0.2, 0) is 14.3 Å². The molecule has 0 aliphatic heterocycles. The van der Waals surface area contributed by atoms with Crippen molar-refractivity contribution in [2.75, 3.05) is 19.0 Å². The lowest BCUT2D eigenvalue weighted by Crippen LogP contribution is -2.34. The van der Waals surface area contributed by atoms with Crippen LogP contribution in [0.4, 0.5) is 10.1 Å². The van der Waals surface area contributed by atoms with Crippen LogP contribution in [0.5, 0.6) is 0 Å². The molecule has 1 unspecified atom stereocenters. The molecule has 0 heterocycles. The van der Waals surface area contributed by atoms with Crippen LogP contribution in [0.3, 0.4) is 0 Å². The first-order valence-electron chi connectivity index (χ1n) is 7.87. The molecule has 2 aromatic rings. The minimum absolute atomic E-state index is 0.0230. The van der Waals surface area contributed by atoms with E-state index in [9.17, 15) is 14.0 Å². The molecule has 1 amide bonds. The quantitative estimate of drug-likeness (QED) is 0.745. The highest BCUT2D eigenvalue weighted by molar-refractivity contribution is 5.82. The van der Waals surface area contributed by atoms with Crippen molar-refractivity contribution < 1.29 is 18.7 Å². The Hall–Kier alpha value is -3.40. The molecular formula is C19H18FN3O3. The first-order chi connectivity index (χ1) is 12.5. The van der Waals surface area contributed by atoms with E-state index in [4.69, 9.17) is 5.26 Å². The molecule has 0 bridgehead atoms. The highest BCUT2D eigenvalue weighted by atomic mass is 19.1. The fourth-order valence-corrected chi connectivity index (χ4v) is 2.29. The zero-order chi connectivity index (χ0) is 18.9. The Bertz CT molecular complexity index is 798. The molecule has 2 aromatic carbocycles. The maximum atomic E-state index is 13.1. The molecule has 2 rings (SSSR count). The van der Waals surface area contributed by atoms with Crippen molar-refractivity contribution in [1.82, 2.24) is 5.32 Å². The second kappa shape index (κ2) is 9.18. The van der Waals surface area contributed by atoms with E-state index in [0.29, 0.717) is 16.8 Å². The fourth-order valence-electron chi connectivity index (χ4n) is 2.29. The lowest BCUT2D eigenvalue weighted by molar-refractivity contribution is -0.141. The van der Waals surface area contributed by atoms with E-state index in [1.54, 1.807) is 24.3 Å². The van der Waals surface area contributed by atoms with Crippen molar-refractivity contribution in [3.63, 3.8) is 0 Å². The summed E-state index contributed by atoms with van der Waals surface area (Å²) < 4.78 is 17.7. The van der Waals surface area contributed by atoms with Crippen molar-refractivity contribution in [2.45, 2.75) is 12.5 Å². The molecule has 0 saturated carbocycles. The minimum atomic E-state index is -0.627. The summed E-state index contributed by atoms with van der Waals surface area (Å²) in [5.74, 6) is -1.23. The molecule has 134 valence electrons. The molecule has 0 radical (unpaired) electrons. The van der Waals surface area contributed by atoms with Crippen LogP contribution in [-0.4, -0.2) is 25.5 Å². The van der Waals surface area contributed by atoms with E-state index in [0.717, 1.165) is 0 Å². The summed E-state index contributed by atoms with van der Waals surface area (Å²) in [6.07, 6.45) is -0.0647. The van der Waals surface area contributed by atoms with E-state index >= 15 is 0 Å². The van der Waals surface area contributed by atoms with Crippen LogP contribution in [0.25, 0.3) is 0 Å². The first kappa shape index (κ1) is 18.9. The van der Waals surface area contributed by atoms with Gasteiger partial charge in [-0.1, -0.05) is 12.1 Å². The number of hydrogen-bond acceptors (Lipinski definition) is 5. The van der Waals surface area contributed by atoms with Gasteiger partial charge in [0.2, 0.25) is 5.91 Å². The third kappa shape index (κ3) is 5.60. The lowest BCUT2D eigenvalue weighted by atomic mass is 10.0. The van der Waals surface area contributed by atoms with Crippen LogP contribution >= 0.6 is 0 Å². The van der Waals surface area contributed by atoms with Crippen molar-refractivity contribution in [2.24, 2.45) is 0 Å². The number of carbonyl (C=O) groups is 2. The van der Waals surface area contributed by atoms with E-state index in [1.165, 1.54) is 31.4 Å². The van der Waals surface area contributed by atoms with Gasteiger partial charge in [-0.15, -0.1) is 0 Å². The largest absolute Gasteiger partial charge is 0.469 e. The number of anilines is 1. The van der Waals surface area contributed by atoms with Gasteiger partial charge in [-0.25, -0.2) is 4.39 Å². The summed E-state index contributed by atoms with van der Waals surface area (Å²) in [4.78, 5) is 23.8. The Labute approximate surface area is 150 Å². The number of amides is 1. The second-order valence-electron chi connectivity index (χ2n) is 5.49. The third-order valence-corrected chi connectivity index (χ3v) is 3.67. The zero-order valence-electron chi connectivity index (χ0n) is 14.2. The van der Waals surface area contributed by atoms with Crippen LogP contribution < -0.4 is 10.6 Å². The second-order valence-corrected chi connectivity index (χ2v) is 5.49. The summed E-state index contributed by atoms with van der Waals surface area (Å²) >= 11 is 0. The normalized spacial score (nSPS) is 11.1. The Morgan fingerprint density at radius 3 is 2.38 bits per heavy atom. The molecule has 6 nitrogen and oxygen atoms in total. The standard InChI is InChI=1S/C19H18FN3O3/c1-26-19(25)10-17(14-4-6-15(20)7-5-14)23-18(24)12-22-16-8-2-13(11-21)3-9-16/h2-9,17,22H,10,12H2,1H3,(H,23,24). The van der Waals surface area contributed by atoms with Gasteiger partial charge in [-0.05, 0) is 42.0 Å². The molecular weight excluding hydrogens is 337 g/mol. The lowest BCUT2D eigenvalue weighted by Gasteiger charge is -2.18. The summed E-state index contributed by atoms with van der Waals surface area (Å²) in [5, 5.41) is 14.4. The van der Waals surface area contributed by atoms with Crippen LogP contribution in [0.15, 0.2) is 48.5 Å². The molecule has 0 spiro atoms. The van der Waals surface area contributed by atoms with Crippen LogP contribution in [0.1, 0.15) is 23.6 Å². The van der Waals surface area contributed by atoms with Crippen LogP contribution in [0.2, 0.25) is 0 Å². The minimum Gasteiger partial charge on any atom is -0.469 e. The predicted molar refractivity (Wildman–Crippen MR) is 93.6 cm³/mol. The van der Waals surface area contributed by atoms with Crippen LogP contribution in [0, 0.1) is 17.1 Å². The zero-order valence-corrected chi connectivity index (χ0v) is 14.2. The number of esters is 1. The van der Waals surface area contributed by atoms with E-state index in [2.05, 4.69) is 15.4 Å². The average molecular weight is 355 g/mol. The molecule has 2 N–H and O–H groups in total. The number of nitriles is 1. The topological polar surface area (TPSA) is 91.2 Å². The van der Waals surface area contributed by atoms with Gasteiger partial charge in [0.25, 0.3) is 0 Å². The fraction of sp³-hybridized carbons (Fsp3) is 0.211. The highest BCUT2D eigenvalue weighted by Crippen LogP contribution is 2.18. The number of methoxy groups -OCH3 is 1. The smallest absolute Gasteiger partial charge is 0.307 e. The number of nitrogens with zero attached hydrogens (tertiary/aromatic N) is 1. The monoisotopic (exact) mass is 355 g/mol. The predicted octanol–water partition coefficient (Wildman–Crippen LogP) is 2.53. The molecule has 1 atom stereocenters. The highest BCUT2D eigenvalue weighted by Gasteiger charge is 2.19. The van der Waals surface area contributed by atoms with Crippen molar-refractivity contribution >= 4 is 17.6 Å². The molecule has 0 aliphatic rings.